The molecule has 1 aromatic heterocycles. The van der Waals surface area contributed by atoms with Crippen molar-refractivity contribution in [1.82, 2.24) is 19.9 Å². The molecular weight excluding hydrogens is 399 g/mol. The van der Waals surface area contributed by atoms with Crippen molar-refractivity contribution in [1.29, 1.82) is 0 Å². The van der Waals surface area contributed by atoms with Gasteiger partial charge in [0, 0.05) is 44.5 Å². The van der Waals surface area contributed by atoms with Crippen LogP contribution in [0.3, 0.4) is 0 Å². The Balaban J connectivity index is 1.88. The molecule has 1 aliphatic rings. The maximum Gasteiger partial charge on any atom is 0.511 e. The van der Waals surface area contributed by atoms with Gasteiger partial charge in [-0.25, -0.2) is 13.4 Å². The van der Waals surface area contributed by atoms with Gasteiger partial charge in [0.2, 0.25) is 5.88 Å². The molecule has 0 aromatic carbocycles. The van der Waals surface area contributed by atoms with Gasteiger partial charge in [0.15, 0.2) is 5.96 Å². The Kier molecular flexibility index (Phi) is 7.47. The van der Waals surface area contributed by atoms with Crippen LogP contribution in [0.4, 0.5) is 13.2 Å². The number of sulfonamides is 1. The van der Waals surface area contributed by atoms with E-state index in [2.05, 4.69) is 20.6 Å². The van der Waals surface area contributed by atoms with Gasteiger partial charge < -0.3 is 15.4 Å². The standard InChI is InChI=1S/C16H24F3N5O3S/c1-3-27-14-12(5-4-8-21-14)11-22-15(20-2)23-13-6-9-24(10-7-13)28(25,26)16(17,18)19/h4-5,8,13H,3,6-7,9-11H2,1-2H3,(H2,20,22,23). The molecule has 0 spiro atoms. The summed E-state index contributed by atoms with van der Waals surface area (Å²) in [6, 6.07) is 3.46. The highest BCUT2D eigenvalue weighted by Crippen LogP contribution is 2.28. The summed E-state index contributed by atoms with van der Waals surface area (Å²) >= 11 is 0. The molecule has 0 bridgehead atoms. The number of piperidine rings is 1. The van der Waals surface area contributed by atoms with Crippen molar-refractivity contribution in [3.05, 3.63) is 23.9 Å². The number of nitrogens with one attached hydrogen (secondary N) is 2. The number of alkyl halides is 3. The van der Waals surface area contributed by atoms with Gasteiger partial charge in [-0.15, -0.1) is 0 Å². The van der Waals surface area contributed by atoms with Crippen LogP contribution in [-0.2, 0) is 16.6 Å². The summed E-state index contributed by atoms with van der Waals surface area (Å²) in [5.74, 6) is 0.974. The summed E-state index contributed by atoms with van der Waals surface area (Å²) in [6.45, 7) is 2.33. The van der Waals surface area contributed by atoms with E-state index in [1.807, 2.05) is 13.0 Å². The summed E-state index contributed by atoms with van der Waals surface area (Å²) in [5, 5.41) is 6.22. The van der Waals surface area contributed by atoms with Gasteiger partial charge in [0.05, 0.1) is 6.61 Å². The van der Waals surface area contributed by atoms with E-state index in [-0.39, 0.29) is 32.0 Å². The topological polar surface area (TPSA) is 95.9 Å². The number of rotatable bonds is 6. The second-order valence-electron chi connectivity index (χ2n) is 6.09. The van der Waals surface area contributed by atoms with Crippen molar-refractivity contribution in [3.63, 3.8) is 0 Å². The van der Waals surface area contributed by atoms with Crippen LogP contribution in [0.25, 0.3) is 0 Å². The molecule has 0 unspecified atom stereocenters. The Labute approximate surface area is 162 Å². The summed E-state index contributed by atoms with van der Waals surface area (Å²) in [4.78, 5) is 8.26. The number of guanidine groups is 1. The second kappa shape index (κ2) is 9.41. The van der Waals surface area contributed by atoms with Gasteiger partial charge >= 0.3 is 15.5 Å². The molecule has 1 aliphatic heterocycles. The third kappa shape index (κ3) is 5.47. The van der Waals surface area contributed by atoms with Crippen LogP contribution in [-0.4, -0.2) is 62.0 Å². The zero-order chi connectivity index (χ0) is 20.8. The fourth-order valence-corrected chi connectivity index (χ4v) is 3.76. The SMILES string of the molecule is CCOc1ncccc1CNC(=NC)NC1CCN(S(=O)(=O)C(F)(F)F)CC1. The van der Waals surface area contributed by atoms with Gasteiger partial charge in [-0.3, -0.25) is 4.99 Å². The van der Waals surface area contributed by atoms with E-state index in [0.29, 0.717) is 29.3 Å². The normalized spacial score (nSPS) is 17.4. The lowest BCUT2D eigenvalue weighted by molar-refractivity contribution is -0.0494. The first-order chi connectivity index (χ1) is 13.2. The zero-order valence-electron chi connectivity index (χ0n) is 15.7. The first-order valence-electron chi connectivity index (χ1n) is 8.79. The molecule has 1 saturated heterocycles. The number of hydrogen-bond donors (Lipinski definition) is 2. The first kappa shape index (κ1) is 22.2. The van der Waals surface area contributed by atoms with E-state index in [0.717, 1.165) is 5.56 Å². The maximum atomic E-state index is 12.6. The Morgan fingerprint density at radius 2 is 2.07 bits per heavy atom. The highest BCUT2D eigenvalue weighted by atomic mass is 32.2. The molecule has 2 N–H and O–H groups in total. The fraction of sp³-hybridized carbons (Fsp3) is 0.625. The molecule has 12 heteroatoms. The van der Waals surface area contributed by atoms with E-state index in [9.17, 15) is 21.6 Å². The Bertz CT molecular complexity index is 778. The smallest absolute Gasteiger partial charge is 0.478 e. The van der Waals surface area contributed by atoms with Crippen molar-refractivity contribution in [3.8, 4) is 5.88 Å². The first-order valence-corrected chi connectivity index (χ1v) is 10.2. The van der Waals surface area contributed by atoms with Crippen LogP contribution >= 0.6 is 0 Å². The Hall–Kier alpha value is -2.08. The average Bonchev–Trinajstić information content (AvgIpc) is 2.66. The Morgan fingerprint density at radius 1 is 1.39 bits per heavy atom. The van der Waals surface area contributed by atoms with E-state index >= 15 is 0 Å². The molecule has 1 aromatic rings. The zero-order valence-corrected chi connectivity index (χ0v) is 16.5. The Morgan fingerprint density at radius 3 is 2.64 bits per heavy atom. The monoisotopic (exact) mass is 423 g/mol. The molecule has 2 rings (SSSR count). The summed E-state index contributed by atoms with van der Waals surface area (Å²) < 4.78 is 66.8. The number of aromatic nitrogens is 1. The molecule has 0 aliphatic carbocycles. The third-order valence-electron chi connectivity index (χ3n) is 4.23. The predicted molar refractivity (Wildman–Crippen MR) is 98.3 cm³/mol. The number of pyridine rings is 1. The van der Waals surface area contributed by atoms with Gasteiger partial charge in [0.25, 0.3) is 0 Å². The molecule has 0 radical (unpaired) electrons. The van der Waals surface area contributed by atoms with Crippen molar-refractivity contribution in [2.24, 2.45) is 4.99 Å². The van der Waals surface area contributed by atoms with E-state index in [4.69, 9.17) is 4.74 Å². The number of halogens is 3. The van der Waals surface area contributed by atoms with Crippen molar-refractivity contribution in [2.75, 3.05) is 26.7 Å². The molecule has 0 saturated carbocycles. The van der Waals surface area contributed by atoms with E-state index in [1.165, 1.54) is 0 Å². The summed E-state index contributed by atoms with van der Waals surface area (Å²) in [5.41, 5.74) is -4.44. The van der Waals surface area contributed by atoms with Crippen molar-refractivity contribution < 1.29 is 26.3 Å². The molecule has 2 heterocycles. The number of aliphatic imine (C=N–C) groups is 1. The third-order valence-corrected chi connectivity index (χ3v) is 5.86. The minimum absolute atomic E-state index is 0.189. The molecular formula is C16H24F3N5O3S. The maximum absolute atomic E-state index is 12.6. The van der Waals surface area contributed by atoms with Crippen LogP contribution < -0.4 is 15.4 Å². The average molecular weight is 423 g/mol. The molecule has 158 valence electrons. The second-order valence-corrected chi connectivity index (χ2v) is 8.02. The number of nitrogens with zero attached hydrogens (tertiary/aromatic N) is 3. The number of hydrogen-bond acceptors (Lipinski definition) is 5. The minimum Gasteiger partial charge on any atom is -0.478 e. The molecule has 0 amide bonds. The van der Waals surface area contributed by atoms with Gasteiger partial charge in [-0.1, -0.05) is 6.07 Å². The number of ether oxygens (including phenoxy) is 1. The predicted octanol–water partition coefficient (Wildman–Crippen LogP) is 1.46. The van der Waals surface area contributed by atoms with Crippen molar-refractivity contribution in [2.45, 2.75) is 37.9 Å². The van der Waals surface area contributed by atoms with E-state index in [1.54, 1.807) is 19.3 Å². The molecule has 0 atom stereocenters. The van der Waals surface area contributed by atoms with Gasteiger partial charge in [0.1, 0.15) is 0 Å². The largest absolute Gasteiger partial charge is 0.511 e. The highest BCUT2D eigenvalue weighted by molar-refractivity contribution is 7.90. The highest BCUT2D eigenvalue weighted by Gasteiger charge is 2.50. The summed E-state index contributed by atoms with van der Waals surface area (Å²) in [6.07, 6.45) is 2.12. The quantitative estimate of drug-likeness (QED) is 0.531. The van der Waals surface area contributed by atoms with Crippen LogP contribution in [0.2, 0.25) is 0 Å². The molecule has 1 fully saturated rings. The molecule has 28 heavy (non-hydrogen) atoms. The van der Waals surface area contributed by atoms with Gasteiger partial charge in [-0.05, 0) is 25.8 Å². The van der Waals surface area contributed by atoms with Crippen LogP contribution in [0.15, 0.2) is 23.3 Å². The van der Waals surface area contributed by atoms with Crippen molar-refractivity contribution >= 4 is 16.0 Å². The van der Waals surface area contributed by atoms with Crippen LogP contribution in [0, 0.1) is 0 Å². The summed E-state index contributed by atoms with van der Waals surface area (Å²) in [7, 11) is -3.70. The fourth-order valence-electron chi connectivity index (χ4n) is 2.78. The van der Waals surface area contributed by atoms with Crippen LogP contribution in [0.5, 0.6) is 5.88 Å². The lowest BCUT2D eigenvalue weighted by Crippen LogP contribution is -2.51. The lowest BCUT2D eigenvalue weighted by atomic mass is 10.1. The molecule has 8 nitrogen and oxygen atoms in total. The lowest BCUT2D eigenvalue weighted by Gasteiger charge is -2.32. The van der Waals surface area contributed by atoms with Gasteiger partial charge in [-0.2, -0.15) is 17.5 Å². The minimum atomic E-state index is -5.27. The van der Waals surface area contributed by atoms with Crippen LogP contribution in [0.1, 0.15) is 25.3 Å². The van der Waals surface area contributed by atoms with E-state index < -0.39 is 15.5 Å².